The van der Waals surface area contributed by atoms with Crippen molar-refractivity contribution in [3.05, 3.63) is 65.9 Å². The van der Waals surface area contributed by atoms with Gasteiger partial charge in [-0.25, -0.2) is 0 Å². The molecule has 1 amide bonds. The van der Waals surface area contributed by atoms with E-state index in [1.165, 1.54) is 18.2 Å². The van der Waals surface area contributed by atoms with E-state index in [2.05, 4.69) is 20.3 Å². The smallest absolute Gasteiger partial charge is 0.387 e. The summed E-state index contributed by atoms with van der Waals surface area (Å²) in [4.78, 5) is 12.3. The molecule has 1 aromatic heterocycles. The highest BCUT2D eigenvalue weighted by Gasteiger charge is 2.16. The monoisotopic (exact) mass is 373 g/mol. The molecule has 0 aliphatic rings. The molecule has 0 bridgehead atoms. The number of H-pyrrole nitrogens is 1. The summed E-state index contributed by atoms with van der Waals surface area (Å²) in [5, 5.41) is 9.70. The van der Waals surface area contributed by atoms with Crippen LogP contribution >= 0.6 is 0 Å². The first-order chi connectivity index (χ1) is 13.1. The highest BCUT2D eigenvalue weighted by molar-refractivity contribution is 5.96. The fourth-order valence-electron chi connectivity index (χ4n) is 2.58. The van der Waals surface area contributed by atoms with Crippen LogP contribution in [0.15, 0.2) is 54.6 Å². The van der Waals surface area contributed by atoms with E-state index in [1.54, 1.807) is 19.2 Å². The first-order valence-corrected chi connectivity index (χ1v) is 8.08. The van der Waals surface area contributed by atoms with Gasteiger partial charge in [-0.05, 0) is 30.3 Å². The lowest BCUT2D eigenvalue weighted by molar-refractivity contribution is -0.0501. The molecule has 3 aromatic rings. The van der Waals surface area contributed by atoms with Gasteiger partial charge in [0, 0.05) is 5.56 Å². The van der Waals surface area contributed by atoms with Crippen LogP contribution in [0.1, 0.15) is 16.1 Å². The van der Waals surface area contributed by atoms with Gasteiger partial charge in [-0.1, -0.05) is 24.3 Å². The average molecular weight is 373 g/mol. The highest BCUT2D eigenvalue weighted by Crippen LogP contribution is 2.28. The number of carbonyl (C=O) groups excluding carboxylic acids is 1. The van der Waals surface area contributed by atoms with Crippen LogP contribution in [0.5, 0.6) is 11.5 Å². The normalized spacial score (nSPS) is 10.7. The molecule has 2 aromatic carbocycles. The van der Waals surface area contributed by atoms with Gasteiger partial charge in [0.2, 0.25) is 0 Å². The van der Waals surface area contributed by atoms with Gasteiger partial charge >= 0.3 is 6.61 Å². The van der Waals surface area contributed by atoms with Crippen molar-refractivity contribution >= 4 is 5.91 Å². The lowest BCUT2D eigenvalue weighted by atomic mass is 10.1. The minimum Gasteiger partial charge on any atom is -0.496 e. The van der Waals surface area contributed by atoms with Crippen molar-refractivity contribution in [1.82, 2.24) is 15.5 Å². The van der Waals surface area contributed by atoms with E-state index in [4.69, 9.17) is 4.74 Å². The third-order valence-corrected chi connectivity index (χ3v) is 3.81. The molecule has 0 unspecified atom stereocenters. The molecular weight excluding hydrogens is 356 g/mol. The van der Waals surface area contributed by atoms with Gasteiger partial charge < -0.3 is 14.8 Å². The van der Waals surface area contributed by atoms with E-state index >= 15 is 0 Å². The molecule has 0 saturated heterocycles. The van der Waals surface area contributed by atoms with E-state index < -0.39 is 12.5 Å². The number of amides is 1. The number of aromatic nitrogens is 2. The number of nitrogens with one attached hydrogen (secondary N) is 2. The third kappa shape index (κ3) is 4.41. The second-order valence-corrected chi connectivity index (χ2v) is 5.53. The molecule has 0 atom stereocenters. The van der Waals surface area contributed by atoms with Crippen molar-refractivity contribution < 1.29 is 23.0 Å². The molecule has 1 heterocycles. The van der Waals surface area contributed by atoms with Gasteiger partial charge in [-0.2, -0.15) is 13.9 Å². The zero-order valence-electron chi connectivity index (χ0n) is 14.4. The third-order valence-electron chi connectivity index (χ3n) is 3.81. The Bertz CT molecular complexity index is 928. The SMILES string of the molecule is COc1ccccc1-c1cc(CNC(=O)c2ccccc2OC(F)F)n[nH]1. The fraction of sp³-hybridized carbons (Fsp3) is 0.158. The highest BCUT2D eigenvalue weighted by atomic mass is 19.3. The number of hydrogen-bond acceptors (Lipinski definition) is 4. The van der Waals surface area contributed by atoms with E-state index in [-0.39, 0.29) is 17.9 Å². The van der Waals surface area contributed by atoms with Gasteiger partial charge in [0.25, 0.3) is 5.91 Å². The van der Waals surface area contributed by atoms with Crippen LogP contribution < -0.4 is 14.8 Å². The number of alkyl halides is 2. The summed E-state index contributed by atoms with van der Waals surface area (Å²) in [6.45, 7) is -2.89. The van der Waals surface area contributed by atoms with Gasteiger partial charge in [-0.3, -0.25) is 9.89 Å². The summed E-state index contributed by atoms with van der Waals surface area (Å²) >= 11 is 0. The summed E-state index contributed by atoms with van der Waals surface area (Å²) in [6, 6.07) is 15.0. The predicted molar refractivity (Wildman–Crippen MR) is 94.8 cm³/mol. The predicted octanol–water partition coefficient (Wildman–Crippen LogP) is 3.62. The Balaban J connectivity index is 1.70. The van der Waals surface area contributed by atoms with Gasteiger partial charge in [0.15, 0.2) is 0 Å². The molecule has 6 nitrogen and oxygen atoms in total. The van der Waals surface area contributed by atoms with Crippen LogP contribution in [0, 0.1) is 0 Å². The van der Waals surface area contributed by atoms with Crippen molar-refractivity contribution in [2.75, 3.05) is 7.11 Å². The number of halogens is 2. The molecule has 0 aliphatic heterocycles. The topological polar surface area (TPSA) is 76.2 Å². The van der Waals surface area contributed by atoms with Crippen LogP contribution in [-0.2, 0) is 6.54 Å². The number of carbonyl (C=O) groups is 1. The number of aromatic amines is 1. The van der Waals surface area contributed by atoms with Crippen molar-refractivity contribution in [3.8, 4) is 22.8 Å². The van der Waals surface area contributed by atoms with E-state index in [0.717, 1.165) is 11.3 Å². The lowest BCUT2D eigenvalue weighted by Gasteiger charge is -2.10. The second-order valence-electron chi connectivity index (χ2n) is 5.53. The summed E-state index contributed by atoms with van der Waals surface area (Å²) < 4.78 is 34.6. The minimum atomic E-state index is -3.01. The Morgan fingerprint density at radius 3 is 2.59 bits per heavy atom. The van der Waals surface area contributed by atoms with E-state index in [9.17, 15) is 13.6 Å². The van der Waals surface area contributed by atoms with E-state index in [0.29, 0.717) is 11.4 Å². The van der Waals surface area contributed by atoms with Gasteiger partial charge in [0.05, 0.1) is 30.6 Å². The molecule has 0 saturated carbocycles. The van der Waals surface area contributed by atoms with Crippen molar-refractivity contribution in [2.45, 2.75) is 13.2 Å². The first kappa shape index (κ1) is 18.4. The molecular formula is C19H17F2N3O3. The number of para-hydroxylation sites is 2. The zero-order chi connectivity index (χ0) is 19.2. The molecule has 2 N–H and O–H groups in total. The number of ether oxygens (including phenoxy) is 2. The Hall–Kier alpha value is -3.42. The Kier molecular flexibility index (Phi) is 5.65. The average Bonchev–Trinajstić information content (AvgIpc) is 3.15. The molecule has 140 valence electrons. The van der Waals surface area contributed by atoms with Crippen LogP contribution in [0.4, 0.5) is 8.78 Å². The fourth-order valence-corrected chi connectivity index (χ4v) is 2.58. The molecule has 27 heavy (non-hydrogen) atoms. The maximum atomic E-state index is 12.5. The Morgan fingerprint density at radius 1 is 1.15 bits per heavy atom. The standard InChI is InChI=1S/C19H17F2N3O3/c1-26-16-8-4-2-6-13(16)15-10-12(23-24-15)11-22-18(25)14-7-3-5-9-17(14)27-19(20)21/h2-10,19H,11H2,1H3,(H,22,25)(H,23,24). The van der Waals surface area contributed by atoms with Crippen molar-refractivity contribution in [3.63, 3.8) is 0 Å². The van der Waals surface area contributed by atoms with Crippen molar-refractivity contribution in [2.24, 2.45) is 0 Å². The van der Waals surface area contributed by atoms with Crippen LogP contribution in [0.25, 0.3) is 11.3 Å². The number of methoxy groups -OCH3 is 1. The lowest BCUT2D eigenvalue weighted by Crippen LogP contribution is -2.24. The Labute approximate surface area is 154 Å². The second kappa shape index (κ2) is 8.31. The molecule has 0 aliphatic carbocycles. The molecule has 0 fully saturated rings. The van der Waals surface area contributed by atoms with Crippen LogP contribution in [-0.4, -0.2) is 29.8 Å². The van der Waals surface area contributed by atoms with Gasteiger partial charge in [0.1, 0.15) is 11.5 Å². The number of rotatable bonds is 7. The Morgan fingerprint density at radius 2 is 1.85 bits per heavy atom. The summed E-state index contributed by atoms with van der Waals surface area (Å²) in [5.74, 6) is -0.0235. The number of nitrogens with zero attached hydrogens (tertiary/aromatic N) is 1. The maximum Gasteiger partial charge on any atom is 0.387 e. The van der Waals surface area contributed by atoms with Crippen LogP contribution in [0.3, 0.4) is 0 Å². The summed E-state index contributed by atoms with van der Waals surface area (Å²) in [7, 11) is 1.58. The van der Waals surface area contributed by atoms with Gasteiger partial charge in [-0.15, -0.1) is 0 Å². The summed E-state index contributed by atoms with van der Waals surface area (Å²) in [5.41, 5.74) is 2.17. The van der Waals surface area contributed by atoms with Crippen LogP contribution in [0.2, 0.25) is 0 Å². The molecule has 3 rings (SSSR count). The first-order valence-electron chi connectivity index (χ1n) is 8.08. The zero-order valence-corrected chi connectivity index (χ0v) is 14.4. The van der Waals surface area contributed by atoms with E-state index in [1.807, 2.05) is 24.3 Å². The number of hydrogen-bond donors (Lipinski definition) is 2. The summed E-state index contributed by atoms with van der Waals surface area (Å²) in [6.07, 6.45) is 0. The largest absolute Gasteiger partial charge is 0.496 e. The molecule has 0 radical (unpaired) electrons. The number of benzene rings is 2. The molecule has 0 spiro atoms. The quantitative estimate of drug-likeness (QED) is 0.663. The molecule has 8 heteroatoms. The minimum absolute atomic E-state index is 0.0262. The van der Waals surface area contributed by atoms with Crippen molar-refractivity contribution in [1.29, 1.82) is 0 Å². The maximum absolute atomic E-state index is 12.5.